The third-order valence-corrected chi connectivity index (χ3v) is 2.62. The molecule has 0 saturated heterocycles. The first-order valence-corrected chi connectivity index (χ1v) is 5.38. The van der Waals surface area contributed by atoms with Gasteiger partial charge in [-0.3, -0.25) is 4.98 Å². The summed E-state index contributed by atoms with van der Waals surface area (Å²) >= 11 is 0. The van der Waals surface area contributed by atoms with E-state index in [2.05, 4.69) is 4.98 Å². The van der Waals surface area contributed by atoms with Crippen LogP contribution in [0.3, 0.4) is 0 Å². The molecule has 1 aromatic carbocycles. The molecule has 0 aliphatic carbocycles. The van der Waals surface area contributed by atoms with Gasteiger partial charge in [0.25, 0.3) is 0 Å². The van der Waals surface area contributed by atoms with E-state index in [-0.39, 0.29) is 11.7 Å². The highest BCUT2D eigenvalue weighted by Gasteiger charge is 2.07. The number of benzene rings is 1. The van der Waals surface area contributed by atoms with Crippen molar-refractivity contribution in [2.24, 2.45) is 0 Å². The first-order valence-electron chi connectivity index (χ1n) is 5.38. The normalized spacial score (nSPS) is 10.8. The Hall–Kier alpha value is -1.70. The van der Waals surface area contributed by atoms with Gasteiger partial charge in [0.15, 0.2) is 0 Å². The zero-order chi connectivity index (χ0) is 11.5. The van der Waals surface area contributed by atoms with E-state index in [4.69, 9.17) is 0 Å². The summed E-state index contributed by atoms with van der Waals surface area (Å²) in [4.78, 5) is 4.03. The lowest BCUT2D eigenvalue weighted by molar-refractivity contribution is 0.599. The van der Waals surface area contributed by atoms with E-state index >= 15 is 0 Å². The van der Waals surface area contributed by atoms with E-state index in [1.54, 1.807) is 18.5 Å². The van der Waals surface area contributed by atoms with Crippen molar-refractivity contribution in [2.75, 3.05) is 0 Å². The lowest BCUT2D eigenvalue weighted by Crippen LogP contribution is -1.93. The van der Waals surface area contributed by atoms with Crippen LogP contribution in [0.5, 0.6) is 0 Å². The molecule has 0 amide bonds. The Morgan fingerprint density at radius 2 is 1.94 bits per heavy atom. The molecule has 2 aromatic rings. The molecule has 1 aromatic heterocycles. The summed E-state index contributed by atoms with van der Waals surface area (Å²) in [5.74, 6) is 0.0688. The second-order valence-electron chi connectivity index (χ2n) is 4.13. The van der Waals surface area contributed by atoms with Crippen LogP contribution in [0.2, 0.25) is 0 Å². The quantitative estimate of drug-likeness (QED) is 0.737. The molecule has 16 heavy (non-hydrogen) atoms. The van der Waals surface area contributed by atoms with Crippen LogP contribution in [0, 0.1) is 5.82 Å². The number of rotatable bonds is 2. The standard InChI is InChI=1S/C14H14FN/c1-10(2)13-6-5-11(8-14(13)15)12-4-3-7-16-9-12/h3-10H,1-2H3. The molecular formula is C14H14FN. The highest BCUT2D eigenvalue weighted by molar-refractivity contribution is 5.62. The molecule has 1 heterocycles. The van der Waals surface area contributed by atoms with Gasteiger partial charge in [-0.15, -0.1) is 0 Å². The van der Waals surface area contributed by atoms with Crippen LogP contribution in [0.1, 0.15) is 25.3 Å². The maximum atomic E-state index is 13.8. The van der Waals surface area contributed by atoms with Crippen LogP contribution in [-0.2, 0) is 0 Å². The van der Waals surface area contributed by atoms with Gasteiger partial charge in [0, 0.05) is 18.0 Å². The van der Waals surface area contributed by atoms with Gasteiger partial charge in [-0.05, 0) is 29.2 Å². The van der Waals surface area contributed by atoms with Crippen molar-refractivity contribution in [3.8, 4) is 11.1 Å². The van der Waals surface area contributed by atoms with Crippen molar-refractivity contribution < 1.29 is 4.39 Å². The molecule has 0 atom stereocenters. The van der Waals surface area contributed by atoms with E-state index in [1.807, 2.05) is 38.1 Å². The Balaban J connectivity index is 2.43. The molecule has 0 aliphatic rings. The summed E-state index contributed by atoms with van der Waals surface area (Å²) in [6.07, 6.45) is 3.45. The average Bonchev–Trinajstić information content (AvgIpc) is 2.29. The van der Waals surface area contributed by atoms with Crippen LogP contribution in [0.25, 0.3) is 11.1 Å². The van der Waals surface area contributed by atoms with Gasteiger partial charge < -0.3 is 0 Å². The van der Waals surface area contributed by atoms with Crippen molar-refractivity contribution in [1.82, 2.24) is 4.98 Å². The van der Waals surface area contributed by atoms with Crippen LogP contribution in [0.4, 0.5) is 4.39 Å². The molecule has 0 radical (unpaired) electrons. The molecule has 0 N–H and O–H groups in total. The minimum atomic E-state index is -0.142. The van der Waals surface area contributed by atoms with Gasteiger partial charge in [-0.25, -0.2) is 4.39 Å². The smallest absolute Gasteiger partial charge is 0.127 e. The summed E-state index contributed by atoms with van der Waals surface area (Å²) in [6.45, 7) is 3.98. The Morgan fingerprint density at radius 3 is 2.50 bits per heavy atom. The number of halogens is 1. The largest absolute Gasteiger partial charge is 0.264 e. The molecule has 2 heteroatoms. The molecule has 0 spiro atoms. The van der Waals surface area contributed by atoms with Crippen molar-refractivity contribution in [2.45, 2.75) is 19.8 Å². The van der Waals surface area contributed by atoms with Gasteiger partial charge in [-0.2, -0.15) is 0 Å². The number of nitrogens with zero attached hydrogens (tertiary/aromatic N) is 1. The van der Waals surface area contributed by atoms with Gasteiger partial charge >= 0.3 is 0 Å². The minimum Gasteiger partial charge on any atom is -0.264 e. The van der Waals surface area contributed by atoms with Crippen LogP contribution in [-0.4, -0.2) is 4.98 Å². The van der Waals surface area contributed by atoms with Crippen LogP contribution >= 0.6 is 0 Å². The predicted molar refractivity (Wildman–Crippen MR) is 63.7 cm³/mol. The van der Waals surface area contributed by atoms with Gasteiger partial charge in [0.1, 0.15) is 5.82 Å². The Labute approximate surface area is 95.0 Å². The van der Waals surface area contributed by atoms with Crippen molar-refractivity contribution in [3.05, 3.63) is 54.1 Å². The van der Waals surface area contributed by atoms with E-state index in [1.165, 1.54) is 0 Å². The lowest BCUT2D eigenvalue weighted by atomic mass is 9.99. The highest BCUT2D eigenvalue weighted by atomic mass is 19.1. The molecule has 0 unspecified atom stereocenters. The molecule has 0 fully saturated rings. The molecule has 1 nitrogen and oxygen atoms in total. The number of aromatic nitrogens is 1. The first-order chi connectivity index (χ1) is 7.68. The highest BCUT2D eigenvalue weighted by Crippen LogP contribution is 2.24. The molecule has 0 saturated carbocycles. The van der Waals surface area contributed by atoms with E-state index in [0.717, 1.165) is 16.7 Å². The Morgan fingerprint density at radius 1 is 1.12 bits per heavy atom. The fourth-order valence-corrected chi connectivity index (χ4v) is 1.71. The second-order valence-corrected chi connectivity index (χ2v) is 4.13. The topological polar surface area (TPSA) is 12.9 Å². The monoisotopic (exact) mass is 215 g/mol. The first kappa shape index (κ1) is 10.8. The maximum Gasteiger partial charge on any atom is 0.127 e. The number of pyridine rings is 1. The van der Waals surface area contributed by atoms with E-state index in [0.29, 0.717) is 0 Å². The maximum absolute atomic E-state index is 13.8. The minimum absolute atomic E-state index is 0.142. The average molecular weight is 215 g/mol. The third-order valence-electron chi connectivity index (χ3n) is 2.62. The molecule has 82 valence electrons. The Bertz CT molecular complexity index is 477. The fourth-order valence-electron chi connectivity index (χ4n) is 1.71. The zero-order valence-corrected chi connectivity index (χ0v) is 9.44. The van der Waals surface area contributed by atoms with Gasteiger partial charge in [0.05, 0.1) is 0 Å². The molecule has 2 rings (SSSR count). The fraction of sp³-hybridized carbons (Fsp3) is 0.214. The van der Waals surface area contributed by atoms with Gasteiger partial charge in [-0.1, -0.05) is 32.0 Å². The second kappa shape index (κ2) is 4.44. The van der Waals surface area contributed by atoms with Crippen molar-refractivity contribution in [1.29, 1.82) is 0 Å². The van der Waals surface area contributed by atoms with E-state index in [9.17, 15) is 4.39 Å². The summed E-state index contributed by atoms with van der Waals surface area (Å²) in [6, 6.07) is 9.14. The van der Waals surface area contributed by atoms with Crippen LogP contribution < -0.4 is 0 Å². The molecular weight excluding hydrogens is 201 g/mol. The summed E-state index contributed by atoms with van der Waals surface area (Å²) < 4.78 is 13.8. The Kier molecular flexibility index (Phi) is 3.00. The molecule has 0 bridgehead atoms. The number of hydrogen-bond acceptors (Lipinski definition) is 1. The van der Waals surface area contributed by atoms with Crippen LogP contribution in [0.15, 0.2) is 42.7 Å². The summed E-state index contributed by atoms with van der Waals surface area (Å²) in [7, 11) is 0. The summed E-state index contributed by atoms with van der Waals surface area (Å²) in [5.41, 5.74) is 2.57. The summed E-state index contributed by atoms with van der Waals surface area (Å²) in [5, 5.41) is 0. The van der Waals surface area contributed by atoms with Crippen molar-refractivity contribution in [3.63, 3.8) is 0 Å². The molecule has 0 aliphatic heterocycles. The SMILES string of the molecule is CC(C)c1ccc(-c2cccnc2)cc1F. The number of hydrogen-bond donors (Lipinski definition) is 0. The van der Waals surface area contributed by atoms with E-state index < -0.39 is 0 Å². The van der Waals surface area contributed by atoms with Gasteiger partial charge in [0.2, 0.25) is 0 Å². The lowest BCUT2D eigenvalue weighted by Gasteiger charge is -2.08. The predicted octanol–water partition coefficient (Wildman–Crippen LogP) is 4.01. The van der Waals surface area contributed by atoms with Crippen molar-refractivity contribution >= 4 is 0 Å². The third kappa shape index (κ3) is 2.11. The zero-order valence-electron chi connectivity index (χ0n) is 9.44.